The van der Waals surface area contributed by atoms with E-state index in [1.807, 2.05) is 30.3 Å². The molecule has 0 aliphatic rings. The fraction of sp³-hybridized carbons (Fsp3) is 0.286. The highest BCUT2D eigenvalue weighted by Crippen LogP contribution is 2.21. The second kappa shape index (κ2) is 10.6. The van der Waals surface area contributed by atoms with Crippen LogP contribution in [0.3, 0.4) is 0 Å². The van der Waals surface area contributed by atoms with Crippen molar-refractivity contribution in [3.8, 4) is 0 Å². The number of rotatable bonds is 9. The van der Waals surface area contributed by atoms with Crippen molar-refractivity contribution in [3.63, 3.8) is 0 Å². The molecule has 0 radical (unpaired) electrons. The van der Waals surface area contributed by atoms with Crippen LogP contribution in [-0.4, -0.2) is 38.1 Å². The number of tetrazole rings is 1. The lowest BCUT2D eigenvalue weighted by Crippen LogP contribution is -2.42. The molecule has 0 fully saturated rings. The zero-order valence-electron chi connectivity index (χ0n) is 16.8. The first kappa shape index (κ1) is 22.4. The van der Waals surface area contributed by atoms with E-state index in [-0.39, 0.29) is 41.8 Å². The predicted molar refractivity (Wildman–Crippen MR) is 111 cm³/mol. The van der Waals surface area contributed by atoms with Crippen molar-refractivity contribution >= 4 is 23.5 Å². The Morgan fingerprint density at radius 2 is 1.97 bits per heavy atom. The maximum absolute atomic E-state index is 14.1. The molecule has 0 saturated heterocycles. The number of benzene rings is 2. The number of carbonyl (C=O) groups is 2. The SMILES string of the molecule is CCC(NC(=O)OCc1ccccc1)C(=O)Cn1nnnc1Cc1c(F)cccc1Cl. The summed E-state index contributed by atoms with van der Waals surface area (Å²) in [6.45, 7) is 1.67. The average Bonchev–Trinajstić information content (AvgIpc) is 3.20. The number of aromatic nitrogens is 4. The van der Waals surface area contributed by atoms with Crippen LogP contribution in [0.5, 0.6) is 0 Å². The zero-order valence-corrected chi connectivity index (χ0v) is 17.6. The Balaban J connectivity index is 1.60. The van der Waals surface area contributed by atoms with E-state index >= 15 is 0 Å². The van der Waals surface area contributed by atoms with Crippen LogP contribution in [-0.2, 0) is 29.1 Å². The van der Waals surface area contributed by atoms with Crippen molar-refractivity contribution in [2.45, 2.75) is 39.0 Å². The molecule has 0 aliphatic heterocycles. The van der Waals surface area contributed by atoms with E-state index in [1.54, 1.807) is 13.0 Å². The van der Waals surface area contributed by atoms with Gasteiger partial charge in [-0.1, -0.05) is 54.9 Å². The first-order valence-electron chi connectivity index (χ1n) is 9.65. The van der Waals surface area contributed by atoms with Crippen LogP contribution in [0.4, 0.5) is 9.18 Å². The zero-order chi connectivity index (χ0) is 22.2. The molecule has 1 heterocycles. The molecule has 8 nitrogen and oxygen atoms in total. The third-order valence-electron chi connectivity index (χ3n) is 4.61. The van der Waals surface area contributed by atoms with Gasteiger partial charge in [-0.15, -0.1) is 5.10 Å². The van der Waals surface area contributed by atoms with Gasteiger partial charge in [-0.2, -0.15) is 0 Å². The predicted octanol–water partition coefficient (Wildman–Crippen LogP) is 3.33. The molecule has 0 bridgehead atoms. The van der Waals surface area contributed by atoms with E-state index in [0.717, 1.165) is 5.56 Å². The van der Waals surface area contributed by atoms with Crippen LogP contribution in [0.1, 0.15) is 30.3 Å². The summed E-state index contributed by atoms with van der Waals surface area (Å²) in [6, 6.07) is 12.8. The van der Waals surface area contributed by atoms with Crippen molar-refractivity contribution in [1.82, 2.24) is 25.5 Å². The average molecular weight is 446 g/mol. The first-order chi connectivity index (χ1) is 15.0. The van der Waals surface area contributed by atoms with Gasteiger partial charge in [0, 0.05) is 17.0 Å². The molecule has 3 aromatic rings. The molecule has 0 spiro atoms. The summed E-state index contributed by atoms with van der Waals surface area (Å²) in [4.78, 5) is 24.8. The Labute approximate surface area is 183 Å². The van der Waals surface area contributed by atoms with Crippen molar-refractivity contribution < 1.29 is 18.7 Å². The molecule has 3 rings (SSSR count). The van der Waals surface area contributed by atoms with Gasteiger partial charge in [0.25, 0.3) is 0 Å². The normalized spacial score (nSPS) is 11.7. The Hall–Kier alpha value is -3.33. The van der Waals surface area contributed by atoms with Gasteiger partial charge in [0.15, 0.2) is 11.6 Å². The fourth-order valence-electron chi connectivity index (χ4n) is 2.91. The number of ketones is 1. The van der Waals surface area contributed by atoms with E-state index in [0.29, 0.717) is 6.42 Å². The van der Waals surface area contributed by atoms with Crippen molar-refractivity contribution in [2.75, 3.05) is 0 Å². The van der Waals surface area contributed by atoms with Crippen LogP contribution < -0.4 is 5.32 Å². The summed E-state index contributed by atoms with van der Waals surface area (Å²) < 4.78 is 20.5. The highest BCUT2D eigenvalue weighted by molar-refractivity contribution is 6.31. The summed E-state index contributed by atoms with van der Waals surface area (Å²) in [5.41, 5.74) is 1.07. The molecule has 31 heavy (non-hydrogen) atoms. The molecule has 162 valence electrons. The summed E-state index contributed by atoms with van der Waals surface area (Å²) in [7, 11) is 0. The van der Waals surface area contributed by atoms with Crippen LogP contribution in [0, 0.1) is 5.82 Å². The van der Waals surface area contributed by atoms with Crippen molar-refractivity contribution in [3.05, 3.63) is 76.3 Å². The van der Waals surface area contributed by atoms with Crippen molar-refractivity contribution in [1.29, 1.82) is 0 Å². The van der Waals surface area contributed by atoms with Crippen molar-refractivity contribution in [2.24, 2.45) is 0 Å². The number of hydrogen-bond acceptors (Lipinski definition) is 6. The fourth-order valence-corrected chi connectivity index (χ4v) is 3.14. The van der Waals surface area contributed by atoms with Gasteiger partial charge in [0.2, 0.25) is 0 Å². The Bertz CT molecular complexity index is 1020. The van der Waals surface area contributed by atoms with Gasteiger partial charge >= 0.3 is 6.09 Å². The topological polar surface area (TPSA) is 99.0 Å². The molecule has 10 heteroatoms. The highest BCUT2D eigenvalue weighted by atomic mass is 35.5. The van der Waals surface area contributed by atoms with Gasteiger partial charge in [-0.3, -0.25) is 4.79 Å². The maximum atomic E-state index is 14.1. The molecule has 1 aromatic heterocycles. The van der Waals surface area contributed by atoms with Crippen LogP contribution in [0.2, 0.25) is 5.02 Å². The number of carbonyl (C=O) groups excluding carboxylic acids is 2. The number of amides is 1. The third-order valence-corrected chi connectivity index (χ3v) is 4.96. The number of ether oxygens (including phenoxy) is 1. The maximum Gasteiger partial charge on any atom is 0.408 e. The number of nitrogens with one attached hydrogen (secondary N) is 1. The summed E-state index contributed by atoms with van der Waals surface area (Å²) in [5, 5.41) is 14.1. The molecule has 2 aromatic carbocycles. The van der Waals surface area contributed by atoms with E-state index in [2.05, 4.69) is 20.8 Å². The van der Waals surface area contributed by atoms with Gasteiger partial charge in [-0.25, -0.2) is 13.9 Å². The minimum absolute atomic E-state index is 0.0229. The molecule has 1 amide bonds. The minimum Gasteiger partial charge on any atom is -0.445 e. The van der Waals surface area contributed by atoms with Gasteiger partial charge in [0.05, 0.1) is 6.04 Å². The lowest BCUT2D eigenvalue weighted by Gasteiger charge is -2.16. The number of alkyl carbamates (subject to hydrolysis) is 1. The Kier molecular flexibility index (Phi) is 7.66. The van der Waals surface area contributed by atoms with Gasteiger partial charge in [0.1, 0.15) is 19.0 Å². The van der Waals surface area contributed by atoms with Crippen LogP contribution in [0.25, 0.3) is 0 Å². The third kappa shape index (κ3) is 6.08. The summed E-state index contributed by atoms with van der Waals surface area (Å²) >= 11 is 6.06. The minimum atomic E-state index is -0.780. The number of Topliss-reactive ketones (excluding diaryl/α,β-unsaturated/α-hetero) is 1. The molecule has 1 atom stereocenters. The number of halogens is 2. The number of nitrogens with zero attached hydrogens (tertiary/aromatic N) is 4. The first-order valence-corrected chi connectivity index (χ1v) is 10.0. The van der Waals surface area contributed by atoms with E-state index in [4.69, 9.17) is 16.3 Å². The molecule has 1 N–H and O–H groups in total. The lowest BCUT2D eigenvalue weighted by atomic mass is 10.1. The Morgan fingerprint density at radius 3 is 2.68 bits per heavy atom. The largest absolute Gasteiger partial charge is 0.445 e. The molecule has 0 saturated carbocycles. The quantitative estimate of drug-likeness (QED) is 0.542. The van der Waals surface area contributed by atoms with Gasteiger partial charge < -0.3 is 10.1 Å². The van der Waals surface area contributed by atoms with Crippen LogP contribution >= 0.6 is 11.6 Å². The molecule has 0 aliphatic carbocycles. The summed E-state index contributed by atoms with van der Waals surface area (Å²) in [6.07, 6.45) is -0.315. The standard InChI is InChI=1S/C21H21ClFN5O3/c1-2-18(24-21(30)31-13-14-7-4-3-5-8-14)19(29)12-28-20(25-26-27-28)11-15-16(22)9-6-10-17(15)23/h3-10,18H,2,11-13H2,1H3,(H,24,30). The van der Waals surface area contributed by atoms with Gasteiger partial charge in [-0.05, 0) is 34.5 Å². The molecular formula is C21H21ClFN5O3. The summed E-state index contributed by atoms with van der Waals surface area (Å²) in [5.74, 6) is -0.517. The van der Waals surface area contributed by atoms with E-state index in [9.17, 15) is 14.0 Å². The lowest BCUT2D eigenvalue weighted by molar-refractivity contribution is -0.121. The van der Waals surface area contributed by atoms with Crippen LogP contribution in [0.15, 0.2) is 48.5 Å². The molecule has 1 unspecified atom stereocenters. The second-order valence-electron chi connectivity index (χ2n) is 6.76. The van der Waals surface area contributed by atoms with E-state index < -0.39 is 18.0 Å². The highest BCUT2D eigenvalue weighted by Gasteiger charge is 2.22. The second-order valence-corrected chi connectivity index (χ2v) is 7.17. The molecular weight excluding hydrogens is 425 g/mol. The van der Waals surface area contributed by atoms with E-state index in [1.165, 1.54) is 16.8 Å². The monoisotopic (exact) mass is 445 g/mol. The smallest absolute Gasteiger partial charge is 0.408 e. The Morgan fingerprint density at radius 1 is 1.19 bits per heavy atom. The number of hydrogen-bond donors (Lipinski definition) is 1.